The van der Waals surface area contributed by atoms with Crippen molar-refractivity contribution >= 4 is 23.6 Å². The van der Waals surface area contributed by atoms with Crippen LogP contribution in [0.1, 0.15) is 33.4 Å². The molecule has 0 fully saturated rings. The van der Waals surface area contributed by atoms with E-state index in [1.807, 2.05) is 18.2 Å². The van der Waals surface area contributed by atoms with Gasteiger partial charge in [-0.1, -0.05) is 17.7 Å². The van der Waals surface area contributed by atoms with Gasteiger partial charge in [-0.2, -0.15) is 0 Å². The number of aryl methyl sites for hydroxylation is 3. The van der Waals surface area contributed by atoms with E-state index in [-0.39, 0.29) is 12.6 Å². The molecule has 4 amide bonds. The van der Waals surface area contributed by atoms with E-state index in [0.29, 0.717) is 43.4 Å². The van der Waals surface area contributed by atoms with Crippen molar-refractivity contribution in [2.75, 3.05) is 33.9 Å². The Labute approximate surface area is 211 Å². The molecule has 0 saturated heterocycles. The number of fused-ring (bicyclic) bond motifs is 3. The molecule has 0 spiro atoms. The molecule has 3 N–H and O–H groups in total. The van der Waals surface area contributed by atoms with Gasteiger partial charge in [-0.25, -0.2) is 14.5 Å². The highest BCUT2D eigenvalue weighted by molar-refractivity contribution is 6.10. The van der Waals surface area contributed by atoms with Crippen LogP contribution < -0.4 is 20.5 Å². The Balaban J connectivity index is 1.75. The maximum Gasteiger partial charge on any atom is 0.330 e. The second-order valence-electron chi connectivity index (χ2n) is 9.10. The lowest BCUT2D eigenvalue weighted by Gasteiger charge is -2.40. The van der Waals surface area contributed by atoms with Gasteiger partial charge in [0, 0.05) is 31.6 Å². The summed E-state index contributed by atoms with van der Waals surface area (Å²) in [6.07, 6.45) is 2.48. The summed E-state index contributed by atoms with van der Waals surface area (Å²) >= 11 is 0. The van der Waals surface area contributed by atoms with Crippen molar-refractivity contribution in [1.82, 2.24) is 15.1 Å². The van der Waals surface area contributed by atoms with Crippen LogP contribution in [0.4, 0.5) is 9.59 Å². The smallest absolute Gasteiger partial charge is 0.330 e. The Bertz CT molecular complexity index is 1240. The fourth-order valence-corrected chi connectivity index (χ4v) is 4.90. The van der Waals surface area contributed by atoms with E-state index in [9.17, 15) is 9.59 Å². The number of carbonyl (C=O) groups is 2. The van der Waals surface area contributed by atoms with Crippen LogP contribution in [-0.2, 0) is 13.0 Å². The first-order valence-corrected chi connectivity index (χ1v) is 11.9. The summed E-state index contributed by atoms with van der Waals surface area (Å²) in [7, 11) is 3.20. The van der Waals surface area contributed by atoms with Crippen molar-refractivity contribution in [2.24, 2.45) is 10.7 Å². The van der Waals surface area contributed by atoms with Gasteiger partial charge in [-0.15, -0.1) is 0 Å². The zero-order valence-electron chi connectivity index (χ0n) is 21.5. The molecule has 2 heterocycles. The van der Waals surface area contributed by atoms with Gasteiger partial charge in [-0.3, -0.25) is 4.99 Å². The van der Waals surface area contributed by atoms with Crippen LogP contribution in [0.3, 0.4) is 0 Å². The molecule has 0 unspecified atom stereocenters. The summed E-state index contributed by atoms with van der Waals surface area (Å²) in [5.74, 6) is 1.90. The number of hydrogen-bond donors (Lipinski definition) is 2. The summed E-state index contributed by atoms with van der Waals surface area (Å²) in [4.78, 5) is 33.1. The Hall–Kier alpha value is -4.01. The Kier molecular flexibility index (Phi) is 7.19. The summed E-state index contributed by atoms with van der Waals surface area (Å²) in [5, 5.41) is 2.55. The van der Waals surface area contributed by atoms with E-state index >= 15 is 0 Å². The molecular formula is C27H33N5O4. The van der Waals surface area contributed by atoms with Crippen molar-refractivity contribution in [3.8, 4) is 11.5 Å². The van der Waals surface area contributed by atoms with E-state index in [1.54, 1.807) is 24.0 Å². The molecule has 2 aliphatic rings. The van der Waals surface area contributed by atoms with Crippen LogP contribution in [-0.4, -0.2) is 61.6 Å². The number of nitrogens with two attached hydrogens (primary N) is 1. The van der Waals surface area contributed by atoms with E-state index in [4.69, 9.17) is 20.2 Å². The summed E-state index contributed by atoms with van der Waals surface area (Å²) < 4.78 is 11.1. The maximum atomic E-state index is 13.7. The number of nitrogens with zero attached hydrogens (tertiary/aromatic N) is 3. The summed E-state index contributed by atoms with van der Waals surface area (Å²) in [6, 6.07) is 7.37. The summed E-state index contributed by atoms with van der Waals surface area (Å²) in [6.45, 7) is 7.75. The highest BCUT2D eigenvalue weighted by Gasteiger charge is 2.37. The number of amidine groups is 1. The molecule has 2 aliphatic heterocycles. The topological polar surface area (TPSA) is 109 Å². The van der Waals surface area contributed by atoms with Crippen molar-refractivity contribution in [3.63, 3.8) is 0 Å². The van der Waals surface area contributed by atoms with Crippen molar-refractivity contribution in [2.45, 2.75) is 33.7 Å². The summed E-state index contributed by atoms with van der Waals surface area (Å²) in [5.41, 5.74) is 12.6. The minimum Gasteiger partial charge on any atom is -0.493 e. The molecule has 2 aromatic rings. The van der Waals surface area contributed by atoms with E-state index < -0.39 is 6.03 Å². The van der Waals surface area contributed by atoms with Gasteiger partial charge in [0.25, 0.3) is 0 Å². The van der Waals surface area contributed by atoms with Gasteiger partial charge in [-0.05, 0) is 61.2 Å². The number of amides is 4. The third kappa shape index (κ3) is 4.86. The molecule has 0 radical (unpaired) electrons. The first kappa shape index (κ1) is 25.1. The maximum absolute atomic E-state index is 13.7. The van der Waals surface area contributed by atoms with Gasteiger partial charge in [0.05, 0.1) is 26.5 Å². The van der Waals surface area contributed by atoms with Crippen LogP contribution in [0.2, 0.25) is 0 Å². The molecule has 9 heteroatoms. The quantitative estimate of drug-likeness (QED) is 0.617. The molecule has 190 valence electrons. The normalized spacial score (nSPS) is 15.9. The van der Waals surface area contributed by atoms with Crippen molar-refractivity contribution in [1.29, 1.82) is 0 Å². The minimum absolute atomic E-state index is 0.185. The van der Waals surface area contributed by atoms with Crippen molar-refractivity contribution < 1.29 is 19.1 Å². The van der Waals surface area contributed by atoms with E-state index in [1.165, 1.54) is 16.7 Å². The van der Waals surface area contributed by atoms with E-state index in [0.717, 1.165) is 22.4 Å². The van der Waals surface area contributed by atoms with Crippen LogP contribution in [0.15, 0.2) is 35.3 Å². The lowest BCUT2D eigenvalue weighted by atomic mass is 9.93. The first-order chi connectivity index (χ1) is 17.2. The Morgan fingerprint density at radius 3 is 2.39 bits per heavy atom. The molecule has 0 aliphatic carbocycles. The molecule has 0 aromatic heterocycles. The number of nitrogens with one attached hydrogen (secondary N) is 1. The molecule has 36 heavy (non-hydrogen) atoms. The number of benzene rings is 2. The third-order valence-corrected chi connectivity index (χ3v) is 6.64. The Morgan fingerprint density at radius 1 is 1.08 bits per heavy atom. The van der Waals surface area contributed by atoms with Crippen LogP contribution in [0, 0.1) is 20.8 Å². The molecule has 0 atom stereocenters. The van der Waals surface area contributed by atoms with Gasteiger partial charge in [0.1, 0.15) is 5.84 Å². The van der Waals surface area contributed by atoms with E-state index in [2.05, 4.69) is 38.2 Å². The van der Waals surface area contributed by atoms with Gasteiger partial charge in [0.15, 0.2) is 11.5 Å². The molecule has 9 nitrogen and oxygen atoms in total. The van der Waals surface area contributed by atoms with Crippen LogP contribution >= 0.6 is 0 Å². The molecule has 0 saturated carbocycles. The fraction of sp³-hybridized carbons (Fsp3) is 0.370. The number of methoxy groups -OCH3 is 2. The predicted molar refractivity (Wildman–Crippen MR) is 139 cm³/mol. The highest BCUT2D eigenvalue weighted by atomic mass is 16.5. The molecule has 4 rings (SSSR count). The second-order valence-corrected chi connectivity index (χ2v) is 9.10. The minimum atomic E-state index is -0.616. The number of aliphatic imine (C=N–C) groups is 1. The average Bonchev–Trinajstić information content (AvgIpc) is 2.83. The van der Waals surface area contributed by atoms with Gasteiger partial charge in [0.2, 0.25) is 0 Å². The lowest BCUT2D eigenvalue weighted by molar-refractivity contribution is 0.187. The fourth-order valence-electron chi connectivity index (χ4n) is 4.90. The Morgan fingerprint density at radius 2 is 1.75 bits per heavy atom. The first-order valence-electron chi connectivity index (χ1n) is 11.9. The monoisotopic (exact) mass is 491 g/mol. The van der Waals surface area contributed by atoms with Crippen molar-refractivity contribution in [3.05, 3.63) is 63.7 Å². The number of ether oxygens (including phenoxy) is 2. The number of hydrogen-bond acceptors (Lipinski definition) is 5. The zero-order valence-corrected chi connectivity index (χ0v) is 21.5. The number of carbonyl (C=O) groups excluding carboxylic acids is 2. The van der Waals surface area contributed by atoms with Gasteiger partial charge < -0.3 is 25.4 Å². The largest absolute Gasteiger partial charge is 0.493 e. The van der Waals surface area contributed by atoms with Crippen LogP contribution in [0.5, 0.6) is 11.5 Å². The molecular weight excluding hydrogens is 458 g/mol. The zero-order chi connectivity index (χ0) is 26.0. The highest BCUT2D eigenvalue weighted by Crippen LogP contribution is 2.40. The number of urea groups is 2. The molecule has 0 bridgehead atoms. The molecule has 2 aromatic carbocycles. The second kappa shape index (κ2) is 10.3. The standard InChI is InChI=1S/C27H33N5O4/c1-16-10-17(2)21(18(3)11-16)15-30-25-13-19-12-23(35-4)24(36-5)14-20(19)22-6-8-31(27(34)32(22)25)9-7-29-26(28)33/h6,10-12,14H,7-9,13,15H2,1-5H3,(H3,28,29,33). The third-order valence-electron chi connectivity index (χ3n) is 6.64. The SMILES string of the molecule is COc1cc2c(cc1OC)C1=CCN(CCNC(N)=O)C(=O)N1C(=NCc1c(C)cc(C)cc1C)C2. The number of primary amides is 1. The lowest BCUT2D eigenvalue weighted by Crippen LogP contribution is -2.52. The average molecular weight is 492 g/mol. The van der Waals surface area contributed by atoms with Gasteiger partial charge >= 0.3 is 12.1 Å². The number of rotatable bonds is 7. The van der Waals surface area contributed by atoms with Crippen LogP contribution in [0.25, 0.3) is 5.70 Å². The predicted octanol–water partition coefficient (Wildman–Crippen LogP) is 3.53.